The molecule has 8 heteroatoms. The quantitative estimate of drug-likeness (QED) is 0.532. The number of nitrogen functional groups attached to an aromatic ring is 1. The highest BCUT2D eigenvalue weighted by atomic mass is 16.4. The minimum absolute atomic E-state index is 0.160. The van der Waals surface area contributed by atoms with E-state index in [0.717, 1.165) is 22.6 Å². The molecular weight excluding hydrogens is 294 g/mol. The lowest BCUT2D eigenvalue weighted by Crippen LogP contribution is -2.40. The first-order valence-electron chi connectivity index (χ1n) is 7.42. The number of H-pyrrole nitrogens is 1. The number of anilines is 2. The lowest BCUT2D eigenvalue weighted by Gasteiger charge is -2.09. The molecule has 3 heterocycles. The number of aromatic nitrogens is 3. The van der Waals surface area contributed by atoms with Crippen molar-refractivity contribution in [2.24, 2.45) is 10.7 Å². The van der Waals surface area contributed by atoms with Crippen LogP contribution >= 0.6 is 0 Å². The van der Waals surface area contributed by atoms with Gasteiger partial charge in [-0.05, 0) is 32.0 Å². The van der Waals surface area contributed by atoms with Crippen LogP contribution in [0.1, 0.15) is 25.5 Å². The number of nitrogens with one attached hydrogen (secondary N) is 2. The standard InChI is InChI=1S/C15H17N7O/c1-7(2)22-12(11-13(16)18-6-19-14(11)21-22)8-3-4-10-9(5-8)20-15(17)23-10/h3-5,7H,6H2,1-2H3,(H5,16,17,18,19,20,21)/p+1. The molecule has 2 aromatic heterocycles. The molecule has 6 N–H and O–H groups in total. The summed E-state index contributed by atoms with van der Waals surface area (Å²) in [6.45, 7) is 4.67. The second kappa shape index (κ2) is 4.73. The number of aromatic amines is 1. The van der Waals surface area contributed by atoms with Crippen LogP contribution in [0.15, 0.2) is 27.6 Å². The largest absolute Gasteiger partial charge is 0.424 e. The van der Waals surface area contributed by atoms with E-state index in [1.165, 1.54) is 0 Å². The van der Waals surface area contributed by atoms with E-state index in [-0.39, 0.29) is 12.1 Å². The minimum Gasteiger partial charge on any atom is -0.424 e. The Balaban J connectivity index is 1.99. The van der Waals surface area contributed by atoms with Crippen molar-refractivity contribution in [2.75, 3.05) is 17.7 Å². The van der Waals surface area contributed by atoms with Gasteiger partial charge in [-0.1, -0.05) is 0 Å². The average Bonchev–Trinajstić information content (AvgIpc) is 3.06. The van der Waals surface area contributed by atoms with Crippen molar-refractivity contribution in [3.05, 3.63) is 23.8 Å². The number of hydrogen-bond donors (Lipinski definition) is 4. The Morgan fingerprint density at radius 1 is 1.30 bits per heavy atom. The van der Waals surface area contributed by atoms with Crippen LogP contribution in [-0.2, 0) is 0 Å². The fourth-order valence-corrected chi connectivity index (χ4v) is 2.89. The maximum absolute atomic E-state index is 6.14. The van der Waals surface area contributed by atoms with Crippen molar-refractivity contribution in [1.29, 1.82) is 0 Å². The third-order valence-corrected chi connectivity index (χ3v) is 3.92. The fraction of sp³-hybridized carbons (Fsp3) is 0.267. The Labute approximate surface area is 132 Å². The van der Waals surface area contributed by atoms with Gasteiger partial charge in [0.05, 0.1) is 5.56 Å². The van der Waals surface area contributed by atoms with Gasteiger partial charge in [0.1, 0.15) is 23.6 Å². The van der Waals surface area contributed by atoms with Gasteiger partial charge < -0.3 is 21.2 Å². The molecule has 0 saturated carbocycles. The van der Waals surface area contributed by atoms with Gasteiger partial charge >= 0.3 is 0 Å². The number of rotatable bonds is 2. The Bertz CT molecular complexity index is 935. The van der Waals surface area contributed by atoms with Gasteiger partial charge in [0.25, 0.3) is 11.7 Å². The molecule has 23 heavy (non-hydrogen) atoms. The molecule has 0 bridgehead atoms. The number of nitrogens with zero attached hydrogens (tertiary/aromatic N) is 3. The molecule has 0 fully saturated rings. The van der Waals surface area contributed by atoms with Crippen molar-refractivity contribution in [3.63, 3.8) is 0 Å². The van der Waals surface area contributed by atoms with Crippen LogP contribution in [-0.4, -0.2) is 22.6 Å². The third kappa shape index (κ3) is 2.02. The van der Waals surface area contributed by atoms with E-state index in [4.69, 9.17) is 15.9 Å². The topological polar surface area (TPSA) is 122 Å². The first-order valence-corrected chi connectivity index (χ1v) is 7.42. The zero-order chi connectivity index (χ0) is 16.1. The van der Waals surface area contributed by atoms with Crippen molar-refractivity contribution >= 4 is 28.8 Å². The van der Waals surface area contributed by atoms with Gasteiger partial charge in [-0.15, -0.1) is 9.78 Å². The highest BCUT2D eigenvalue weighted by Gasteiger charge is 2.32. The van der Waals surface area contributed by atoms with Gasteiger partial charge in [-0.25, -0.2) is 4.99 Å². The number of fused-ring (bicyclic) bond motifs is 2. The van der Waals surface area contributed by atoms with E-state index in [1.54, 1.807) is 0 Å². The molecule has 0 radical (unpaired) electrons. The number of hydrogen-bond acceptors (Lipinski definition) is 6. The molecule has 0 amide bonds. The molecule has 0 unspecified atom stereocenters. The number of benzene rings is 1. The van der Waals surface area contributed by atoms with E-state index in [1.807, 2.05) is 18.2 Å². The predicted octanol–water partition coefficient (Wildman–Crippen LogP) is 1.36. The summed E-state index contributed by atoms with van der Waals surface area (Å²) in [5.41, 5.74) is 16.0. The van der Waals surface area contributed by atoms with Gasteiger partial charge in [0.15, 0.2) is 17.4 Å². The lowest BCUT2D eigenvalue weighted by molar-refractivity contribution is -0.757. The molecule has 0 saturated heterocycles. The number of oxazole rings is 1. The van der Waals surface area contributed by atoms with Gasteiger partial charge in [0.2, 0.25) is 0 Å². The average molecular weight is 312 g/mol. The molecule has 1 aliphatic rings. The van der Waals surface area contributed by atoms with Crippen LogP contribution in [0, 0.1) is 0 Å². The van der Waals surface area contributed by atoms with Crippen LogP contribution in [0.3, 0.4) is 0 Å². The molecule has 0 spiro atoms. The molecule has 0 aliphatic carbocycles. The van der Waals surface area contributed by atoms with Gasteiger partial charge in [0, 0.05) is 0 Å². The van der Waals surface area contributed by atoms with Crippen LogP contribution in [0.25, 0.3) is 22.4 Å². The maximum Gasteiger partial charge on any atom is 0.292 e. The van der Waals surface area contributed by atoms with Crippen LogP contribution in [0.4, 0.5) is 11.8 Å². The molecular formula is C15H18N7O+. The molecule has 118 valence electrons. The summed E-state index contributed by atoms with van der Waals surface area (Å²) >= 11 is 0. The lowest BCUT2D eigenvalue weighted by atomic mass is 10.0. The Morgan fingerprint density at radius 2 is 2.13 bits per heavy atom. The molecule has 8 nitrogen and oxygen atoms in total. The third-order valence-electron chi connectivity index (χ3n) is 3.92. The van der Waals surface area contributed by atoms with Crippen molar-refractivity contribution in [1.82, 2.24) is 10.1 Å². The summed E-state index contributed by atoms with van der Waals surface area (Å²) < 4.78 is 7.41. The monoisotopic (exact) mass is 312 g/mol. The van der Waals surface area contributed by atoms with E-state index >= 15 is 0 Å². The molecule has 1 aromatic carbocycles. The zero-order valence-corrected chi connectivity index (χ0v) is 12.9. The van der Waals surface area contributed by atoms with Crippen LogP contribution in [0.2, 0.25) is 0 Å². The first-order chi connectivity index (χ1) is 11.0. The van der Waals surface area contributed by atoms with Gasteiger partial charge in [-0.3, -0.25) is 0 Å². The van der Waals surface area contributed by atoms with Crippen molar-refractivity contribution in [2.45, 2.75) is 19.9 Å². The number of amidine groups is 1. The van der Waals surface area contributed by atoms with Crippen molar-refractivity contribution < 1.29 is 9.10 Å². The van der Waals surface area contributed by atoms with E-state index in [2.05, 4.69) is 38.9 Å². The Hall–Kier alpha value is -3.03. The second-order valence-corrected chi connectivity index (χ2v) is 5.79. The summed E-state index contributed by atoms with van der Waals surface area (Å²) in [5.74, 6) is 1.39. The van der Waals surface area contributed by atoms with E-state index in [0.29, 0.717) is 23.6 Å². The predicted molar refractivity (Wildman–Crippen MR) is 88.0 cm³/mol. The SMILES string of the molecule is CC(C)[n+]1[nH]c2c(c1-c1ccc3oc(N)nc3c1)C(N)=NCN2. The summed E-state index contributed by atoms with van der Waals surface area (Å²) in [6.07, 6.45) is 0. The smallest absolute Gasteiger partial charge is 0.292 e. The Kier molecular flexibility index (Phi) is 2.80. The summed E-state index contributed by atoms with van der Waals surface area (Å²) in [5, 5.41) is 6.58. The molecule has 4 rings (SSSR count). The number of nitrogens with two attached hydrogens (primary N) is 2. The summed E-state index contributed by atoms with van der Waals surface area (Å²) in [4.78, 5) is 8.50. The fourth-order valence-electron chi connectivity index (χ4n) is 2.89. The minimum atomic E-state index is 0.160. The normalized spacial score (nSPS) is 14.0. The summed E-state index contributed by atoms with van der Waals surface area (Å²) in [7, 11) is 0. The second-order valence-electron chi connectivity index (χ2n) is 5.79. The molecule has 3 aromatic rings. The highest BCUT2D eigenvalue weighted by Crippen LogP contribution is 2.30. The summed E-state index contributed by atoms with van der Waals surface area (Å²) in [6, 6.07) is 6.16. The van der Waals surface area contributed by atoms with Crippen LogP contribution < -0.4 is 21.5 Å². The molecule has 0 atom stereocenters. The van der Waals surface area contributed by atoms with E-state index < -0.39 is 0 Å². The number of aliphatic imine (C=N–C) groups is 1. The van der Waals surface area contributed by atoms with Crippen LogP contribution in [0.5, 0.6) is 0 Å². The maximum atomic E-state index is 6.14. The van der Waals surface area contributed by atoms with E-state index in [9.17, 15) is 0 Å². The highest BCUT2D eigenvalue weighted by molar-refractivity contribution is 6.07. The Morgan fingerprint density at radius 3 is 2.91 bits per heavy atom. The molecule has 1 aliphatic heterocycles. The van der Waals surface area contributed by atoms with Crippen molar-refractivity contribution in [3.8, 4) is 11.3 Å². The first kappa shape index (κ1) is 13.6. The van der Waals surface area contributed by atoms with Gasteiger partial charge in [-0.2, -0.15) is 4.98 Å². The zero-order valence-electron chi connectivity index (χ0n) is 12.9.